The molecule has 0 aromatic rings. The molecule has 0 aromatic carbocycles. The van der Waals surface area contributed by atoms with Gasteiger partial charge in [-0.3, -0.25) is 5.32 Å². The molecule has 1 saturated carbocycles. The van der Waals surface area contributed by atoms with Crippen molar-refractivity contribution in [2.45, 2.75) is 24.6 Å². The van der Waals surface area contributed by atoms with Gasteiger partial charge in [0.05, 0.1) is 0 Å². The first-order valence-electron chi connectivity index (χ1n) is 3.68. The number of nitrogens with one attached hydrogen (secondary N) is 1. The molecule has 0 bridgehead atoms. The van der Waals surface area contributed by atoms with Crippen LogP contribution in [0.25, 0.3) is 0 Å². The van der Waals surface area contributed by atoms with Crippen molar-refractivity contribution in [1.29, 1.82) is 0 Å². The zero-order valence-corrected chi connectivity index (χ0v) is 8.10. The molecule has 13 heavy (non-hydrogen) atoms. The SMILES string of the molecule is FC(F)(F)C1(NCC(Cl)=CCl)CC1. The van der Waals surface area contributed by atoms with E-state index in [-0.39, 0.29) is 24.4 Å². The maximum Gasteiger partial charge on any atom is 0.406 e. The third-order valence-electron chi connectivity index (χ3n) is 2.01. The number of hydrogen-bond acceptors (Lipinski definition) is 1. The molecule has 1 N–H and O–H groups in total. The van der Waals surface area contributed by atoms with Gasteiger partial charge < -0.3 is 0 Å². The van der Waals surface area contributed by atoms with Crippen LogP contribution in [0.2, 0.25) is 0 Å². The van der Waals surface area contributed by atoms with Gasteiger partial charge in [-0.1, -0.05) is 23.2 Å². The maximum absolute atomic E-state index is 12.3. The van der Waals surface area contributed by atoms with Gasteiger partial charge in [-0.2, -0.15) is 13.2 Å². The Hall–Kier alpha value is 0.0700. The van der Waals surface area contributed by atoms with Gasteiger partial charge in [0.15, 0.2) is 0 Å². The molecule has 0 heterocycles. The second kappa shape index (κ2) is 3.67. The van der Waals surface area contributed by atoms with Crippen molar-refractivity contribution in [2.24, 2.45) is 0 Å². The van der Waals surface area contributed by atoms with Crippen LogP contribution in [0.1, 0.15) is 12.8 Å². The molecule has 0 saturated heterocycles. The minimum absolute atomic E-state index is 0.0371. The van der Waals surface area contributed by atoms with Crippen LogP contribution in [-0.2, 0) is 0 Å². The summed E-state index contributed by atoms with van der Waals surface area (Å²) in [5.41, 5.74) is -0.659. The largest absolute Gasteiger partial charge is 0.406 e. The van der Waals surface area contributed by atoms with E-state index in [1.54, 1.807) is 0 Å². The minimum Gasteiger partial charge on any atom is -0.299 e. The Labute approximate surface area is 83.9 Å². The molecule has 0 aliphatic heterocycles. The first-order chi connectivity index (χ1) is 5.91. The van der Waals surface area contributed by atoms with Gasteiger partial charge in [0.1, 0.15) is 5.54 Å². The molecule has 0 unspecified atom stereocenters. The van der Waals surface area contributed by atoms with Crippen molar-refractivity contribution in [1.82, 2.24) is 5.32 Å². The second-order valence-corrected chi connectivity index (χ2v) is 3.69. The smallest absolute Gasteiger partial charge is 0.299 e. The first-order valence-corrected chi connectivity index (χ1v) is 4.49. The molecule has 1 aliphatic carbocycles. The van der Waals surface area contributed by atoms with Gasteiger partial charge in [0.2, 0.25) is 0 Å². The Kier molecular flexibility index (Phi) is 3.15. The summed E-state index contributed by atoms with van der Waals surface area (Å²) in [6, 6.07) is 0. The van der Waals surface area contributed by atoms with E-state index in [1.807, 2.05) is 0 Å². The van der Waals surface area contributed by atoms with Crippen LogP contribution in [0.5, 0.6) is 0 Å². The summed E-state index contributed by atoms with van der Waals surface area (Å²) >= 11 is 10.6. The Morgan fingerprint density at radius 3 is 2.31 bits per heavy atom. The molecule has 0 atom stereocenters. The summed E-state index contributed by atoms with van der Waals surface area (Å²) in [4.78, 5) is 0. The maximum atomic E-state index is 12.3. The standard InChI is InChI=1S/C7H8Cl2F3N/c8-3-5(9)4-13-6(1-2-6)7(10,11)12/h3,13H,1-2,4H2. The quantitative estimate of drug-likeness (QED) is 0.791. The van der Waals surface area contributed by atoms with Crippen LogP contribution in [0.3, 0.4) is 0 Å². The zero-order valence-electron chi connectivity index (χ0n) is 6.59. The Bertz CT molecular complexity index is 220. The lowest BCUT2D eigenvalue weighted by molar-refractivity contribution is -0.165. The fourth-order valence-electron chi connectivity index (χ4n) is 0.978. The van der Waals surface area contributed by atoms with Crippen molar-refractivity contribution in [2.75, 3.05) is 6.54 Å². The van der Waals surface area contributed by atoms with E-state index in [0.717, 1.165) is 5.54 Å². The van der Waals surface area contributed by atoms with Crippen molar-refractivity contribution >= 4 is 23.2 Å². The summed E-state index contributed by atoms with van der Waals surface area (Å²) < 4.78 is 36.9. The van der Waals surface area contributed by atoms with Crippen LogP contribution in [0, 0.1) is 0 Å². The zero-order chi connectivity index (χ0) is 10.1. The van der Waals surface area contributed by atoms with Crippen LogP contribution >= 0.6 is 23.2 Å². The highest BCUT2D eigenvalue weighted by atomic mass is 35.5. The Balaban J connectivity index is 2.46. The second-order valence-electron chi connectivity index (χ2n) is 2.99. The molecule has 6 heteroatoms. The summed E-state index contributed by atoms with van der Waals surface area (Å²) in [6.45, 7) is -0.0371. The van der Waals surface area contributed by atoms with Gasteiger partial charge in [0.25, 0.3) is 0 Å². The fourth-order valence-corrected chi connectivity index (χ4v) is 1.12. The lowest BCUT2D eigenvalue weighted by atomic mass is 10.2. The topological polar surface area (TPSA) is 12.0 Å². The van der Waals surface area contributed by atoms with E-state index in [2.05, 4.69) is 5.32 Å². The number of rotatable bonds is 3. The van der Waals surface area contributed by atoms with E-state index in [1.165, 1.54) is 0 Å². The molecule has 0 spiro atoms. The van der Waals surface area contributed by atoms with E-state index in [9.17, 15) is 13.2 Å². The van der Waals surface area contributed by atoms with Crippen LogP contribution in [-0.4, -0.2) is 18.3 Å². The van der Waals surface area contributed by atoms with Gasteiger partial charge >= 0.3 is 6.18 Å². The minimum atomic E-state index is -4.20. The molecule has 1 nitrogen and oxygen atoms in total. The van der Waals surface area contributed by atoms with E-state index >= 15 is 0 Å². The molecule has 0 radical (unpaired) electrons. The Morgan fingerprint density at radius 2 is 2.00 bits per heavy atom. The van der Waals surface area contributed by atoms with E-state index < -0.39 is 11.7 Å². The Morgan fingerprint density at radius 1 is 1.46 bits per heavy atom. The van der Waals surface area contributed by atoms with Crippen molar-refractivity contribution in [3.63, 3.8) is 0 Å². The molecular weight excluding hydrogens is 226 g/mol. The molecule has 1 aliphatic rings. The molecule has 0 amide bonds. The first kappa shape index (κ1) is 11.1. The van der Waals surface area contributed by atoms with E-state index in [4.69, 9.17) is 23.2 Å². The third kappa shape index (κ3) is 2.51. The average Bonchev–Trinajstić information content (AvgIpc) is 2.79. The number of alkyl halides is 3. The van der Waals surface area contributed by atoms with Gasteiger partial charge in [-0.05, 0) is 12.8 Å². The molecular formula is C7H8Cl2F3N. The van der Waals surface area contributed by atoms with Crippen LogP contribution in [0.15, 0.2) is 10.6 Å². The number of hydrogen-bond donors (Lipinski definition) is 1. The third-order valence-corrected chi connectivity index (χ3v) is 2.62. The normalized spacial score (nSPS) is 21.8. The monoisotopic (exact) mass is 233 g/mol. The predicted octanol–water partition coefficient (Wildman–Crippen LogP) is 2.99. The summed E-state index contributed by atoms with van der Waals surface area (Å²) in [6.07, 6.45) is -3.97. The average molecular weight is 234 g/mol. The highest BCUT2D eigenvalue weighted by Gasteiger charge is 2.62. The summed E-state index contributed by atoms with van der Waals surface area (Å²) in [7, 11) is 0. The fraction of sp³-hybridized carbons (Fsp3) is 0.714. The highest BCUT2D eigenvalue weighted by molar-refractivity contribution is 6.36. The summed E-state index contributed by atoms with van der Waals surface area (Å²) in [5.74, 6) is 0. The van der Waals surface area contributed by atoms with Crippen molar-refractivity contribution in [3.05, 3.63) is 10.6 Å². The van der Waals surface area contributed by atoms with Crippen molar-refractivity contribution < 1.29 is 13.2 Å². The molecule has 76 valence electrons. The van der Waals surface area contributed by atoms with Gasteiger partial charge in [-0.25, -0.2) is 0 Å². The van der Waals surface area contributed by atoms with Crippen molar-refractivity contribution in [3.8, 4) is 0 Å². The van der Waals surface area contributed by atoms with Crippen LogP contribution in [0.4, 0.5) is 13.2 Å². The van der Waals surface area contributed by atoms with Crippen LogP contribution < -0.4 is 5.32 Å². The highest BCUT2D eigenvalue weighted by Crippen LogP contribution is 2.48. The van der Waals surface area contributed by atoms with Gasteiger partial charge in [0, 0.05) is 17.1 Å². The van der Waals surface area contributed by atoms with Gasteiger partial charge in [-0.15, -0.1) is 0 Å². The number of halogens is 5. The molecule has 1 fully saturated rings. The van der Waals surface area contributed by atoms with E-state index in [0.29, 0.717) is 0 Å². The lowest BCUT2D eigenvalue weighted by Gasteiger charge is -2.20. The predicted molar refractivity (Wildman–Crippen MR) is 45.8 cm³/mol. The summed E-state index contributed by atoms with van der Waals surface area (Å²) in [5, 5.41) is 2.53. The molecule has 1 rings (SSSR count). The molecule has 0 aromatic heterocycles. The lowest BCUT2D eigenvalue weighted by Crippen LogP contribution is -2.45.